The van der Waals surface area contributed by atoms with Crippen LogP contribution >= 0.6 is 0 Å². The molecule has 0 aromatic heterocycles. The predicted octanol–water partition coefficient (Wildman–Crippen LogP) is 4.95. The van der Waals surface area contributed by atoms with Gasteiger partial charge >= 0.3 is 0 Å². The Balaban J connectivity index is 1.89. The van der Waals surface area contributed by atoms with Crippen LogP contribution in [-0.4, -0.2) is 11.7 Å². The van der Waals surface area contributed by atoms with Crippen molar-refractivity contribution in [3.63, 3.8) is 0 Å². The molecule has 1 nitrogen and oxygen atoms in total. The average molecular weight is 270 g/mol. The number of rotatable bonds is 1. The number of hydrogen-bond donors (Lipinski definition) is 0. The van der Waals surface area contributed by atoms with E-state index in [4.69, 9.17) is 4.74 Å². The van der Waals surface area contributed by atoms with Crippen LogP contribution in [0.4, 0.5) is 0 Å². The normalized spacial score (nSPS) is 42.5. The molecule has 0 radical (unpaired) electrons. The molecule has 0 amide bonds. The SMILES string of the molecule is CC1=CC=C2C3=C(C(C)C)CCC3(C)CC[C@]23OC3C1. The molecule has 2 fully saturated rings. The molecule has 4 aliphatic rings. The lowest BCUT2D eigenvalue weighted by Crippen LogP contribution is -2.34. The third-order valence-electron chi connectivity index (χ3n) is 6.20. The summed E-state index contributed by atoms with van der Waals surface area (Å²) in [6.45, 7) is 9.46. The molecular weight excluding hydrogens is 244 g/mol. The van der Waals surface area contributed by atoms with Crippen molar-refractivity contribution in [1.82, 2.24) is 0 Å². The van der Waals surface area contributed by atoms with E-state index in [1.54, 1.807) is 16.7 Å². The average Bonchev–Trinajstić information content (AvgIpc) is 2.95. The second-order valence-corrected chi connectivity index (χ2v) is 7.91. The van der Waals surface area contributed by atoms with Crippen LogP contribution in [0.15, 0.2) is 34.4 Å². The van der Waals surface area contributed by atoms with Crippen LogP contribution in [0.25, 0.3) is 0 Å². The van der Waals surface area contributed by atoms with Gasteiger partial charge in [-0.2, -0.15) is 0 Å². The van der Waals surface area contributed by atoms with Crippen LogP contribution in [-0.2, 0) is 4.74 Å². The van der Waals surface area contributed by atoms with Crippen molar-refractivity contribution in [3.8, 4) is 0 Å². The summed E-state index contributed by atoms with van der Waals surface area (Å²) in [7, 11) is 0. The first kappa shape index (κ1) is 12.9. The van der Waals surface area contributed by atoms with E-state index >= 15 is 0 Å². The molecule has 0 N–H and O–H groups in total. The third-order valence-corrected chi connectivity index (χ3v) is 6.20. The van der Waals surface area contributed by atoms with Gasteiger partial charge in [0.15, 0.2) is 0 Å². The molecule has 108 valence electrons. The first-order valence-electron chi connectivity index (χ1n) is 8.26. The molecule has 1 aliphatic heterocycles. The molecule has 0 aromatic rings. The van der Waals surface area contributed by atoms with E-state index in [2.05, 4.69) is 39.8 Å². The van der Waals surface area contributed by atoms with E-state index in [0.29, 0.717) is 17.4 Å². The fourth-order valence-electron chi connectivity index (χ4n) is 4.88. The lowest BCUT2D eigenvalue weighted by atomic mass is 9.64. The Kier molecular flexibility index (Phi) is 2.50. The fourth-order valence-corrected chi connectivity index (χ4v) is 4.88. The Labute approximate surface area is 122 Å². The summed E-state index contributed by atoms with van der Waals surface area (Å²) >= 11 is 0. The smallest absolute Gasteiger partial charge is 0.120 e. The van der Waals surface area contributed by atoms with Gasteiger partial charge in [-0.3, -0.25) is 0 Å². The monoisotopic (exact) mass is 270 g/mol. The lowest BCUT2D eigenvalue weighted by Gasteiger charge is -2.39. The summed E-state index contributed by atoms with van der Waals surface area (Å²) in [4.78, 5) is 0. The van der Waals surface area contributed by atoms with Crippen LogP contribution in [0.1, 0.15) is 59.8 Å². The van der Waals surface area contributed by atoms with Gasteiger partial charge in [-0.1, -0.05) is 44.1 Å². The minimum Gasteiger partial charge on any atom is -0.361 e. The van der Waals surface area contributed by atoms with Gasteiger partial charge in [0.1, 0.15) is 5.60 Å². The molecule has 20 heavy (non-hydrogen) atoms. The highest BCUT2D eigenvalue weighted by Gasteiger charge is 2.64. The summed E-state index contributed by atoms with van der Waals surface area (Å²) in [5, 5.41) is 0. The molecule has 1 heterocycles. The van der Waals surface area contributed by atoms with Gasteiger partial charge in [0.2, 0.25) is 0 Å². The van der Waals surface area contributed by atoms with Crippen LogP contribution < -0.4 is 0 Å². The third kappa shape index (κ3) is 1.53. The second kappa shape index (κ2) is 3.88. The first-order chi connectivity index (χ1) is 9.46. The van der Waals surface area contributed by atoms with Gasteiger partial charge in [0.05, 0.1) is 6.10 Å². The Hall–Kier alpha value is -0.820. The van der Waals surface area contributed by atoms with Gasteiger partial charge in [-0.05, 0) is 61.5 Å². The maximum absolute atomic E-state index is 6.26. The summed E-state index contributed by atoms with van der Waals surface area (Å²) in [6, 6.07) is 0. The molecule has 4 rings (SSSR count). The Morgan fingerprint density at radius 3 is 2.75 bits per heavy atom. The van der Waals surface area contributed by atoms with Crippen molar-refractivity contribution in [2.45, 2.75) is 71.5 Å². The zero-order valence-electron chi connectivity index (χ0n) is 13.3. The van der Waals surface area contributed by atoms with E-state index in [-0.39, 0.29) is 5.60 Å². The number of ether oxygens (including phenoxy) is 1. The van der Waals surface area contributed by atoms with Crippen molar-refractivity contribution in [2.24, 2.45) is 11.3 Å². The second-order valence-electron chi connectivity index (χ2n) is 7.91. The van der Waals surface area contributed by atoms with Crippen molar-refractivity contribution in [1.29, 1.82) is 0 Å². The molecule has 2 unspecified atom stereocenters. The first-order valence-corrected chi connectivity index (χ1v) is 8.26. The predicted molar refractivity (Wildman–Crippen MR) is 82.5 cm³/mol. The van der Waals surface area contributed by atoms with Crippen LogP contribution in [0.3, 0.4) is 0 Å². The van der Waals surface area contributed by atoms with Crippen molar-refractivity contribution >= 4 is 0 Å². The van der Waals surface area contributed by atoms with Crippen LogP contribution in [0.5, 0.6) is 0 Å². The quantitative estimate of drug-likeness (QED) is 0.614. The van der Waals surface area contributed by atoms with Gasteiger partial charge in [-0.25, -0.2) is 0 Å². The molecular formula is C19H26O. The molecule has 3 aliphatic carbocycles. The van der Waals surface area contributed by atoms with Crippen molar-refractivity contribution in [2.75, 3.05) is 0 Å². The number of fused-ring (bicyclic) bond motifs is 2. The van der Waals surface area contributed by atoms with Crippen molar-refractivity contribution < 1.29 is 4.74 Å². The van der Waals surface area contributed by atoms with Gasteiger partial charge < -0.3 is 4.74 Å². The number of allylic oxidation sites excluding steroid dienone is 3. The topological polar surface area (TPSA) is 12.5 Å². The summed E-state index contributed by atoms with van der Waals surface area (Å²) in [5.41, 5.74) is 6.93. The molecule has 0 bridgehead atoms. The summed E-state index contributed by atoms with van der Waals surface area (Å²) in [5.74, 6) is 0.674. The molecule has 1 spiro atoms. The molecule has 3 atom stereocenters. The van der Waals surface area contributed by atoms with E-state index < -0.39 is 0 Å². The van der Waals surface area contributed by atoms with Crippen molar-refractivity contribution in [3.05, 3.63) is 34.4 Å². The van der Waals surface area contributed by atoms with Crippen LogP contribution in [0.2, 0.25) is 0 Å². The van der Waals surface area contributed by atoms with Gasteiger partial charge in [0, 0.05) is 0 Å². The highest BCUT2D eigenvalue weighted by atomic mass is 16.6. The van der Waals surface area contributed by atoms with Gasteiger partial charge in [-0.15, -0.1) is 0 Å². The van der Waals surface area contributed by atoms with E-state index in [1.807, 2.05) is 0 Å². The highest BCUT2D eigenvalue weighted by molar-refractivity contribution is 5.56. The van der Waals surface area contributed by atoms with E-state index in [9.17, 15) is 0 Å². The molecule has 1 heteroatoms. The zero-order valence-corrected chi connectivity index (χ0v) is 13.3. The number of epoxide rings is 1. The Bertz CT molecular complexity index is 562. The highest BCUT2D eigenvalue weighted by Crippen LogP contribution is 2.65. The molecule has 1 saturated heterocycles. The zero-order chi connectivity index (χ0) is 14.1. The largest absolute Gasteiger partial charge is 0.361 e. The summed E-state index contributed by atoms with van der Waals surface area (Å²) in [6.07, 6.45) is 11.5. The fraction of sp³-hybridized carbons (Fsp3) is 0.684. The standard InChI is InChI=1S/C19H26O/c1-12(2)14-7-8-18(4)9-10-19-15(17(14)18)6-5-13(3)11-16(19)20-19/h5-6,12,16H,7-11H2,1-4H3/t16?,18?,19-/m0/s1. The molecule has 0 aromatic carbocycles. The maximum atomic E-state index is 6.26. The van der Waals surface area contributed by atoms with Gasteiger partial charge in [0.25, 0.3) is 0 Å². The summed E-state index contributed by atoms with van der Waals surface area (Å²) < 4.78 is 6.26. The number of hydrogen-bond acceptors (Lipinski definition) is 1. The van der Waals surface area contributed by atoms with Crippen LogP contribution in [0, 0.1) is 11.3 Å². The minimum absolute atomic E-state index is 0.0909. The minimum atomic E-state index is 0.0909. The van der Waals surface area contributed by atoms with E-state index in [0.717, 1.165) is 6.42 Å². The maximum Gasteiger partial charge on any atom is 0.120 e. The Morgan fingerprint density at radius 2 is 2.00 bits per heavy atom. The lowest BCUT2D eigenvalue weighted by molar-refractivity contribution is 0.235. The van der Waals surface area contributed by atoms with E-state index in [1.165, 1.54) is 31.3 Å². The molecule has 1 saturated carbocycles. The Morgan fingerprint density at radius 1 is 1.20 bits per heavy atom.